The van der Waals surface area contributed by atoms with E-state index in [9.17, 15) is 19.2 Å². The summed E-state index contributed by atoms with van der Waals surface area (Å²) in [7, 11) is 0. The fourth-order valence-electron chi connectivity index (χ4n) is 3.16. The predicted octanol–water partition coefficient (Wildman–Crippen LogP) is 0.724. The van der Waals surface area contributed by atoms with Crippen molar-refractivity contribution >= 4 is 35.1 Å². The van der Waals surface area contributed by atoms with Gasteiger partial charge in [0.15, 0.2) is 11.8 Å². The number of hydrogen-bond donors (Lipinski definition) is 0. The molecule has 142 valence electrons. The summed E-state index contributed by atoms with van der Waals surface area (Å²) < 4.78 is 10.3. The Morgan fingerprint density at radius 3 is 2.30 bits per heavy atom. The Balaban J connectivity index is 1.96. The Morgan fingerprint density at radius 1 is 1.07 bits per heavy atom. The molecule has 3 amide bonds. The smallest absolute Gasteiger partial charge is 0.355 e. The van der Waals surface area contributed by atoms with E-state index >= 15 is 0 Å². The first-order chi connectivity index (χ1) is 12.9. The Bertz CT molecular complexity index is 832. The number of esters is 1. The van der Waals surface area contributed by atoms with Gasteiger partial charge >= 0.3 is 5.97 Å². The zero-order chi connectivity index (χ0) is 19.7. The van der Waals surface area contributed by atoms with Crippen molar-refractivity contribution in [1.29, 1.82) is 0 Å². The van der Waals surface area contributed by atoms with Crippen molar-refractivity contribution < 1.29 is 28.7 Å². The first-order valence-corrected chi connectivity index (χ1v) is 8.56. The van der Waals surface area contributed by atoms with E-state index in [4.69, 9.17) is 9.47 Å². The summed E-state index contributed by atoms with van der Waals surface area (Å²) in [6, 6.07) is 5.23. The zero-order valence-corrected chi connectivity index (χ0v) is 15.2. The topological polar surface area (TPSA) is 106 Å². The molecule has 0 bridgehead atoms. The minimum Gasteiger partial charge on any atom is -0.494 e. The van der Waals surface area contributed by atoms with Gasteiger partial charge in [0.05, 0.1) is 18.9 Å². The van der Waals surface area contributed by atoms with E-state index in [0.717, 1.165) is 9.91 Å². The van der Waals surface area contributed by atoms with Crippen molar-refractivity contribution in [3.05, 3.63) is 24.3 Å². The van der Waals surface area contributed by atoms with Gasteiger partial charge in [0.2, 0.25) is 11.8 Å². The van der Waals surface area contributed by atoms with Crippen molar-refractivity contribution in [2.24, 2.45) is 11.0 Å². The summed E-state index contributed by atoms with van der Waals surface area (Å²) in [5.41, 5.74) is 0.0957. The van der Waals surface area contributed by atoms with E-state index in [1.165, 1.54) is 6.92 Å². The number of anilines is 1. The van der Waals surface area contributed by atoms with E-state index in [0.29, 0.717) is 18.0 Å². The lowest BCUT2D eigenvalue weighted by Gasteiger charge is -2.19. The van der Waals surface area contributed by atoms with E-state index < -0.39 is 35.7 Å². The van der Waals surface area contributed by atoms with Crippen LogP contribution in [0.4, 0.5) is 5.69 Å². The lowest BCUT2D eigenvalue weighted by molar-refractivity contribution is -0.136. The van der Waals surface area contributed by atoms with Gasteiger partial charge in [-0.05, 0) is 38.1 Å². The molecule has 0 saturated carbocycles. The third kappa shape index (κ3) is 3.05. The molecular formula is C18H19N3O6. The van der Waals surface area contributed by atoms with Crippen molar-refractivity contribution in [2.45, 2.75) is 26.8 Å². The van der Waals surface area contributed by atoms with Gasteiger partial charge in [-0.3, -0.25) is 14.4 Å². The Labute approximate surface area is 155 Å². The molecule has 1 aromatic rings. The fourth-order valence-corrected chi connectivity index (χ4v) is 3.16. The molecular weight excluding hydrogens is 354 g/mol. The van der Waals surface area contributed by atoms with Crippen LogP contribution in [-0.2, 0) is 23.9 Å². The van der Waals surface area contributed by atoms with Gasteiger partial charge in [-0.25, -0.2) is 14.7 Å². The summed E-state index contributed by atoms with van der Waals surface area (Å²) in [6.45, 7) is 5.24. The van der Waals surface area contributed by atoms with E-state index in [-0.39, 0.29) is 12.3 Å². The van der Waals surface area contributed by atoms with Crippen LogP contribution in [0.3, 0.4) is 0 Å². The van der Waals surface area contributed by atoms with Crippen LogP contribution < -0.4 is 9.64 Å². The van der Waals surface area contributed by atoms with Crippen LogP contribution in [0.15, 0.2) is 29.4 Å². The highest BCUT2D eigenvalue weighted by Crippen LogP contribution is 2.36. The van der Waals surface area contributed by atoms with Gasteiger partial charge in [-0.2, -0.15) is 5.10 Å². The van der Waals surface area contributed by atoms with Crippen LogP contribution in [0.25, 0.3) is 0 Å². The average molecular weight is 373 g/mol. The SMILES string of the molecule is CCOC(=O)C1=NN(C(C)=O)[C@@H]2C(=O)N(c3ccc(OCC)cc3)C(=O)[C@H]12. The monoisotopic (exact) mass is 373 g/mol. The minimum absolute atomic E-state index is 0.0834. The number of ether oxygens (including phenoxy) is 2. The minimum atomic E-state index is -1.18. The molecule has 0 N–H and O–H groups in total. The number of nitrogens with zero attached hydrogens (tertiary/aromatic N) is 3. The molecule has 1 aromatic carbocycles. The van der Waals surface area contributed by atoms with Crippen molar-refractivity contribution in [2.75, 3.05) is 18.1 Å². The van der Waals surface area contributed by atoms with Gasteiger partial charge in [-0.1, -0.05) is 0 Å². The summed E-state index contributed by atoms with van der Waals surface area (Å²) >= 11 is 0. The number of benzene rings is 1. The second kappa shape index (κ2) is 7.18. The molecule has 0 unspecified atom stereocenters. The number of imide groups is 1. The van der Waals surface area contributed by atoms with Crippen molar-refractivity contribution in [3.63, 3.8) is 0 Å². The van der Waals surface area contributed by atoms with Crippen LogP contribution in [0.5, 0.6) is 5.75 Å². The van der Waals surface area contributed by atoms with Crippen LogP contribution in [-0.4, -0.2) is 53.7 Å². The summed E-state index contributed by atoms with van der Waals surface area (Å²) in [4.78, 5) is 50.9. The quantitative estimate of drug-likeness (QED) is 0.556. The molecule has 0 aromatic heterocycles. The molecule has 3 rings (SSSR count). The number of fused-ring (bicyclic) bond motifs is 1. The molecule has 2 aliphatic heterocycles. The second-order valence-corrected chi connectivity index (χ2v) is 5.93. The number of carbonyl (C=O) groups excluding carboxylic acids is 4. The molecule has 9 heteroatoms. The molecule has 1 fully saturated rings. The van der Waals surface area contributed by atoms with Crippen molar-refractivity contribution in [3.8, 4) is 5.75 Å². The first kappa shape index (κ1) is 18.6. The number of carbonyl (C=O) groups is 4. The molecule has 27 heavy (non-hydrogen) atoms. The summed E-state index contributed by atoms with van der Waals surface area (Å²) in [5.74, 6) is -3.17. The maximum atomic E-state index is 12.9. The Kier molecular flexibility index (Phi) is 4.93. The first-order valence-electron chi connectivity index (χ1n) is 8.56. The maximum absolute atomic E-state index is 12.9. The standard InChI is InChI=1S/C18H19N3O6/c1-4-26-12-8-6-11(7-9-12)20-16(23)13-14(18(25)27-5-2)19-21(10(3)22)15(13)17(20)24/h6-9,13,15H,4-5H2,1-3H3/t13-,15+/m1/s1. The van der Waals surface area contributed by atoms with E-state index in [2.05, 4.69) is 5.10 Å². The molecule has 9 nitrogen and oxygen atoms in total. The lowest BCUT2D eigenvalue weighted by atomic mass is 9.98. The zero-order valence-electron chi connectivity index (χ0n) is 15.2. The average Bonchev–Trinajstić information content (AvgIpc) is 3.14. The summed E-state index contributed by atoms with van der Waals surface area (Å²) in [6.07, 6.45) is 0. The highest BCUT2D eigenvalue weighted by atomic mass is 16.5. The predicted molar refractivity (Wildman–Crippen MR) is 94.0 cm³/mol. The van der Waals surface area contributed by atoms with Crippen LogP contribution >= 0.6 is 0 Å². The van der Waals surface area contributed by atoms with Crippen LogP contribution in [0.2, 0.25) is 0 Å². The molecule has 0 aliphatic carbocycles. The molecule has 2 aliphatic rings. The third-order valence-electron chi connectivity index (χ3n) is 4.26. The fraction of sp³-hybridized carbons (Fsp3) is 0.389. The Morgan fingerprint density at radius 2 is 1.74 bits per heavy atom. The lowest BCUT2D eigenvalue weighted by Crippen LogP contribution is -2.41. The number of hydrazone groups is 1. The number of amides is 3. The normalized spacial score (nSPS) is 21.2. The second-order valence-electron chi connectivity index (χ2n) is 5.93. The number of hydrogen-bond acceptors (Lipinski definition) is 7. The van der Waals surface area contributed by atoms with Crippen molar-refractivity contribution in [1.82, 2.24) is 5.01 Å². The number of rotatable bonds is 5. The van der Waals surface area contributed by atoms with Gasteiger partial charge in [0, 0.05) is 6.92 Å². The highest BCUT2D eigenvalue weighted by Gasteiger charge is 2.59. The Hall–Kier alpha value is -3.23. The van der Waals surface area contributed by atoms with Gasteiger partial charge in [0.25, 0.3) is 5.91 Å². The third-order valence-corrected chi connectivity index (χ3v) is 4.26. The van der Waals surface area contributed by atoms with E-state index in [1.807, 2.05) is 6.92 Å². The maximum Gasteiger partial charge on any atom is 0.355 e. The molecule has 0 spiro atoms. The molecule has 0 radical (unpaired) electrons. The highest BCUT2D eigenvalue weighted by molar-refractivity contribution is 6.47. The molecule has 1 saturated heterocycles. The van der Waals surface area contributed by atoms with E-state index in [1.54, 1.807) is 31.2 Å². The van der Waals surface area contributed by atoms with Crippen LogP contribution in [0, 0.1) is 5.92 Å². The summed E-state index contributed by atoms with van der Waals surface area (Å²) in [5, 5.41) is 4.78. The van der Waals surface area contributed by atoms with Crippen LogP contribution in [0.1, 0.15) is 20.8 Å². The van der Waals surface area contributed by atoms with Gasteiger partial charge in [0.1, 0.15) is 11.7 Å². The molecule has 2 atom stereocenters. The van der Waals surface area contributed by atoms with Gasteiger partial charge in [-0.15, -0.1) is 0 Å². The molecule has 2 heterocycles. The van der Waals surface area contributed by atoms with Gasteiger partial charge < -0.3 is 9.47 Å². The largest absolute Gasteiger partial charge is 0.494 e.